The molecule has 1 fully saturated rings. The Morgan fingerprint density at radius 3 is 2.14 bits per heavy atom. The average molecular weight is 435 g/mol. The first-order valence-electron chi connectivity index (χ1n) is 8.61. The maximum Gasteiger partial charge on any atom is 0.393 e. The smallest absolute Gasteiger partial charge is 0.330 e. The molecule has 28 heavy (non-hydrogen) atoms. The lowest BCUT2D eigenvalue weighted by atomic mass is 9.89. The van der Waals surface area contributed by atoms with Crippen LogP contribution in [-0.4, -0.2) is 38.5 Å². The Balaban J connectivity index is 0.00000280. The summed E-state index contributed by atoms with van der Waals surface area (Å²) in [4.78, 5) is -0.00194. The predicted molar refractivity (Wildman–Crippen MR) is 104 cm³/mol. The second-order valence-electron chi connectivity index (χ2n) is 6.77. The van der Waals surface area contributed by atoms with Gasteiger partial charge < -0.3 is 5.73 Å². The molecule has 1 aliphatic heterocycles. The van der Waals surface area contributed by atoms with Crippen LogP contribution in [0.1, 0.15) is 17.0 Å². The van der Waals surface area contributed by atoms with Crippen molar-refractivity contribution in [2.75, 3.05) is 19.6 Å². The van der Waals surface area contributed by atoms with Gasteiger partial charge in [-0.15, -0.1) is 12.4 Å². The zero-order valence-corrected chi connectivity index (χ0v) is 16.6. The minimum absolute atomic E-state index is 0. The molecule has 0 bridgehead atoms. The van der Waals surface area contributed by atoms with Crippen LogP contribution in [0.25, 0.3) is 0 Å². The van der Waals surface area contributed by atoms with E-state index in [2.05, 4.69) is 0 Å². The Bertz CT molecular complexity index is 874. The van der Waals surface area contributed by atoms with Gasteiger partial charge in [-0.3, -0.25) is 0 Å². The van der Waals surface area contributed by atoms with Gasteiger partial charge in [-0.05, 0) is 35.7 Å². The fourth-order valence-electron chi connectivity index (χ4n) is 3.50. The number of nitrogens with zero attached hydrogens (tertiary/aromatic N) is 1. The standard InChI is InChI=1S/C19H21F3N2O2S.ClH/c20-19(21,22)10-14-6-8-17(9-7-14)27(25,26)24-12-16(11-23)18(13-24)15-4-2-1-3-5-15;/h1-9,16,18H,10-13,23H2;1H/t16-,18+;/m1./s1. The van der Waals surface area contributed by atoms with Gasteiger partial charge >= 0.3 is 6.18 Å². The van der Waals surface area contributed by atoms with E-state index in [1.165, 1.54) is 28.6 Å². The molecule has 154 valence electrons. The van der Waals surface area contributed by atoms with Gasteiger partial charge in [0.1, 0.15) is 0 Å². The van der Waals surface area contributed by atoms with E-state index in [1.807, 2.05) is 30.3 Å². The lowest BCUT2D eigenvalue weighted by molar-refractivity contribution is -0.127. The molecule has 0 amide bonds. The first-order chi connectivity index (χ1) is 12.7. The van der Waals surface area contributed by atoms with E-state index in [1.54, 1.807) is 0 Å². The van der Waals surface area contributed by atoms with Crippen LogP contribution in [0.2, 0.25) is 0 Å². The van der Waals surface area contributed by atoms with Crippen LogP contribution in [0.5, 0.6) is 0 Å². The van der Waals surface area contributed by atoms with E-state index in [0.29, 0.717) is 19.6 Å². The minimum atomic E-state index is -4.33. The largest absolute Gasteiger partial charge is 0.393 e. The lowest BCUT2D eigenvalue weighted by Gasteiger charge is -2.17. The quantitative estimate of drug-likeness (QED) is 0.782. The minimum Gasteiger partial charge on any atom is -0.330 e. The van der Waals surface area contributed by atoms with Gasteiger partial charge in [0, 0.05) is 19.0 Å². The summed E-state index contributed by atoms with van der Waals surface area (Å²) < 4.78 is 64.6. The second kappa shape index (κ2) is 8.82. The van der Waals surface area contributed by atoms with Crippen molar-refractivity contribution < 1.29 is 21.6 Å². The Hall–Kier alpha value is -1.61. The Morgan fingerprint density at radius 1 is 1.00 bits per heavy atom. The van der Waals surface area contributed by atoms with Gasteiger partial charge in [0.25, 0.3) is 0 Å². The number of sulfonamides is 1. The molecule has 2 aromatic carbocycles. The maximum atomic E-state index is 12.9. The van der Waals surface area contributed by atoms with Gasteiger partial charge in [-0.2, -0.15) is 17.5 Å². The normalized spacial score (nSPS) is 20.7. The summed E-state index contributed by atoms with van der Waals surface area (Å²) in [5, 5.41) is 0. The van der Waals surface area contributed by atoms with Gasteiger partial charge in [-0.1, -0.05) is 42.5 Å². The highest BCUT2D eigenvalue weighted by Gasteiger charge is 2.39. The summed E-state index contributed by atoms with van der Waals surface area (Å²) in [5.74, 6) is -0.0119. The number of halogens is 4. The summed E-state index contributed by atoms with van der Waals surface area (Å²) in [6.45, 7) is 0.956. The predicted octanol–water partition coefficient (Wildman–Crippen LogP) is 3.58. The van der Waals surface area contributed by atoms with Crippen molar-refractivity contribution in [3.63, 3.8) is 0 Å². The van der Waals surface area contributed by atoms with Crippen LogP contribution in [-0.2, 0) is 16.4 Å². The summed E-state index contributed by atoms with van der Waals surface area (Å²) in [7, 11) is -3.79. The Morgan fingerprint density at radius 2 is 1.61 bits per heavy atom. The number of alkyl halides is 3. The van der Waals surface area contributed by atoms with Gasteiger partial charge in [0.2, 0.25) is 10.0 Å². The molecule has 1 saturated heterocycles. The molecule has 2 aromatic rings. The molecule has 0 radical (unpaired) electrons. The molecule has 1 heterocycles. The Labute approximate surface area is 169 Å². The third kappa shape index (κ3) is 5.05. The topological polar surface area (TPSA) is 63.4 Å². The number of hydrogen-bond acceptors (Lipinski definition) is 3. The van der Waals surface area contributed by atoms with Crippen LogP contribution in [0.15, 0.2) is 59.5 Å². The highest BCUT2D eigenvalue weighted by Crippen LogP contribution is 2.35. The number of rotatable bonds is 5. The zero-order chi connectivity index (χ0) is 19.7. The molecule has 0 unspecified atom stereocenters. The monoisotopic (exact) mass is 434 g/mol. The van der Waals surface area contributed by atoms with E-state index < -0.39 is 22.6 Å². The van der Waals surface area contributed by atoms with E-state index in [-0.39, 0.29) is 34.7 Å². The molecular formula is C19H22ClF3N2O2S. The Kier molecular flexibility index (Phi) is 7.14. The van der Waals surface area contributed by atoms with Crippen molar-refractivity contribution >= 4 is 22.4 Å². The molecule has 2 N–H and O–H groups in total. The summed E-state index contributed by atoms with van der Waals surface area (Å²) >= 11 is 0. The summed E-state index contributed by atoms with van der Waals surface area (Å²) in [6, 6.07) is 14.5. The fraction of sp³-hybridized carbons (Fsp3) is 0.368. The lowest BCUT2D eigenvalue weighted by Crippen LogP contribution is -2.30. The van der Waals surface area contributed by atoms with Gasteiger partial charge in [0.05, 0.1) is 11.3 Å². The molecule has 4 nitrogen and oxygen atoms in total. The molecule has 0 aliphatic carbocycles. The van der Waals surface area contributed by atoms with E-state index in [9.17, 15) is 21.6 Å². The molecular weight excluding hydrogens is 413 g/mol. The summed E-state index contributed by atoms with van der Waals surface area (Å²) in [5.41, 5.74) is 6.92. The van der Waals surface area contributed by atoms with E-state index in [4.69, 9.17) is 5.73 Å². The highest BCUT2D eigenvalue weighted by molar-refractivity contribution is 7.89. The SMILES string of the molecule is Cl.NC[C@@H]1CN(S(=O)(=O)c2ccc(CC(F)(F)F)cc2)C[C@H]1c1ccccc1. The number of benzene rings is 2. The van der Waals surface area contributed by atoms with E-state index >= 15 is 0 Å². The maximum absolute atomic E-state index is 12.9. The van der Waals surface area contributed by atoms with E-state index in [0.717, 1.165) is 5.56 Å². The third-order valence-corrected chi connectivity index (χ3v) is 6.75. The highest BCUT2D eigenvalue weighted by atomic mass is 35.5. The van der Waals surface area contributed by atoms with Crippen molar-refractivity contribution in [1.82, 2.24) is 4.31 Å². The van der Waals surface area contributed by atoms with Crippen molar-refractivity contribution in [2.45, 2.75) is 23.4 Å². The van der Waals surface area contributed by atoms with Crippen LogP contribution in [0.4, 0.5) is 13.2 Å². The van der Waals surface area contributed by atoms with Crippen molar-refractivity contribution in [1.29, 1.82) is 0 Å². The molecule has 3 rings (SSSR count). The number of hydrogen-bond donors (Lipinski definition) is 1. The van der Waals surface area contributed by atoms with Gasteiger partial charge in [0.15, 0.2) is 0 Å². The fourth-order valence-corrected chi connectivity index (χ4v) is 5.03. The van der Waals surface area contributed by atoms with Crippen LogP contribution < -0.4 is 5.73 Å². The van der Waals surface area contributed by atoms with Crippen molar-refractivity contribution in [3.05, 3.63) is 65.7 Å². The second-order valence-corrected chi connectivity index (χ2v) is 8.71. The van der Waals surface area contributed by atoms with Crippen molar-refractivity contribution in [2.24, 2.45) is 11.7 Å². The van der Waals surface area contributed by atoms with Crippen LogP contribution in [0, 0.1) is 5.92 Å². The first-order valence-corrected chi connectivity index (χ1v) is 10.1. The first kappa shape index (κ1) is 22.7. The molecule has 2 atom stereocenters. The average Bonchev–Trinajstić information content (AvgIpc) is 3.07. The molecule has 0 saturated carbocycles. The molecule has 0 aromatic heterocycles. The molecule has 0 spiro atoms. The zero-order valence-electron chi connectivity index (χ0n) is 15.0. The molecule has 9 heteroatoms. The van der Waals surface area contributed by atoms with Crippen LogP contribution in [0.3, 0.4) is 0 Å². The van der Waals surface area contributed by atoms with Crippen molar-refractivity contribution in [3.8, 4) is 0 Å². The molecule has 1 aliphatic rings. The van der Waals surface area contributed by atoms with Crippen LogP contribution >= 0.6 is 12.4 Å². The number of nitrogens with two attached hydrogens (primary N) is 1. The summed E-state index contributed by atoms with van der Waals surface area (Å²) in [6.07, 6.45) is -5.41. The third-order valence-electron chi connectivity index (χ3n) is 4.90. The van der Waals surface area contributed by atoms with Gasteiger partial charge in [-0.25, -0.2) is 8.42 Å².